The molecule has 0 saturated carbocycles. The average Bonchev–Trinajstić information content (AvgIpc) is 2.36. The van der Waals surface area contributed by atoms with Crippen LogP contribution in [0.3, 0.4) is 0 Å². The lowest BCUT2D eigenvalue weighted by Gasteiger charge is -2.19. The first-order chi connectivity index (χ1) is 8.24. The molecule has 0 atom stereocenters. The van der Waals surface area contributed by atoms with Gasteiger partial charge in [0.25, 0.3) is 0 Å². The van der Waals surface area contributed by atoms with Crippen LogP contribution in [0.15, 0.2) is 5.16 Å². The van der Waals surface area contributed by atoms with E-state index in [1.165, 1.54) is 0 Å². The van der Waals surface area contributed by atoms with Crippen LogP contribution in [-0.2, 0) is 9.47 Å². The Kier molecular flexibility index (Phi) is 11.0. The molecule has 0 heterocycles. The SMILES string of the molecule is CCN(CCOCCCOC)CCC(N)=NO. The van der Waals surface area contributed by atoms with Crippen molar-refractivity contribution in [3.63, 3.8) is 0 Å². The van der Waals surface area contributed by atoms with E-state index >= 15 is 0 Å². The first-order valence-corrected chi connectivity index (χ1v) is 6.00. The topological polar surface area (TPSA) is 80.3 Å². The Labute approximate surface area is 103 Å². The van der Waals surface area contributed by atoms with Crippen molar-refractivity contribution in [3.05, 3.63) is 0 Å². The second-order valence-corrected chi connectivity index (χ2v) is 3.73. The molecule has 3 N–H and O–H groups in total. The summed E-state index contributed by atoms with van der Waals surface area (Å²) in [4.78, 5) is 2.20. The number of hydrogen-bond acceptors (Lipinski definition) is 5. The van der Waals surface area contributed by atoms with Crippen LogP contribution in [0.25, 0.3) is 0 Å². The van der Waals surface area contributed by atoms with Crippen LogP contribution in [0.2, 0.25) is 0 Å². The Bertz CT molecular complexity index is 200. The molecule has 0 unspecified atom stereocenters. The van der Waals surface area contributed by atoms with E-state index in [1.807, 2.05) is 0 Å². The van der Waals surface area contributed by atoms with Gasteiger partial charge in [0.15, 0.2) is 0 Å². The molecule has 6 nitrogen and oxygen atoms in total. The monoisotopic (exact) mass is 247 g/mol. The molecular formula is C11H25N3O3. The van der Waals surface area contributed by atoms with Gasteiger partial charge in [-0.1, -0.05) is 12.1 Å². The highest BCUT2D eigenvalue weighted by atomic mass is 16.5. The van der Waals surface area contributed by atoms with Crippen LogP contribution in [0.5, 0.6) is 0 Å². The zero-order valence-corrected chi connectivity index (χ0v) is 10.9. The summed E-state index contributed by atoms with van der Waals surface area (Å²) in [5, 5.41) is 11.4. The predicted molar refractivity (Wildman–Crippen MR) is 67.5 cm³/mol. The molecule has 0 radical (unpaired) electrons. The van der Waals surface area contributed by atoms with Gasteiger partial charge in [0.2, 0.25) is 0 Å². The maximum absolute atomic E-state index is 8.42. The minimum Gasteiger partial charge on any atom is -0.409 e. The third-order valence-corrected chi connectivity index (χ3v) is 2.45. The second kappa shape index (κ2) is 11.6. The van der Waals surface area contributed by atoms with E-state index in [9.17, 15) is 0 Å². The lowest BCUT2D eigenvalue weighted by Crippen LogP contribution is -2.31. The third kappa shape index (κ3) is 10.0. The lowest BCUT2D eigenvalue weighted by atomic mass is 10.3. The molecule has 6 heteroatoms. The largest absolute Gasteiger partial charge is 0.409 e. The van der Waals surface area contributed by atoms with Crippen LogP contribution < -0.4 is 5.73 Å². The zero-order valence-electron chi connectivity index (χ0n) is 10.9. The van der Waals surface area contributed by atoms with Crippen LogP contribution in [0.1, 0.15) is 19.8 Å². The van der Waals surface area contributed by atoms with E-state index in [1.54, 1.807) is 7.11 Å². The van der Waals surface area contributed by atoms with Crippen molar-refractivity contribution >= 4 is 5.84 Å². The minimum absolute atomic E-state index is 0.268. The van der Waals surface area contributed by atoms with Crippen LogP contribution in [-0.4, -0.2) is 62.5 Å². The average molecular weight is 247 g/mol. The Morgan fingerprint density at radius 2 is 2.06 bits per heavy atom. The fraction of sp³-hybridized carbons (Fsp3) is 0.909. The number of ether oxygens (including phenoxy) is 2. The van der Waals surface area contributed by atoms with Gasteiger partial charge in [0.05, 0.1) is 6.61 Å². The fourth-order valence-electron chi connectivity index (χ4n) is 1.35. The summed E-state index contributed by atoms with van der Waals surface area (Å²) in [6.45, 7) is 6.83. The van der Waals surface area contributed by atoms with Crippen molar-refractivity contribution in [2.45, 2.75) is 19.8 Å². The van der Waals surface area contributed by atoms with Gasteiger partial charge in [-0.05, 0) is 13.0 Å². The summed E-state index contributed by atoms with van der Waals surface area (Å²) >= 11 is 0. The zero-order chi connectivity index (χ0) is 12.9. The standard InChI is InChI=1S/C11H25N3O3/c1-3-14(6-5-11(12)13-15)7-10-17-9-4-8-16-2/h15H,3-10H2,1-2H3,(H2,12,13). The number of amidine groups is 1. The Morgan fingerprint density at radius 1 is 1.29 bits per heavy atom. The summed E-state index contributed by atoms with van der Waals surface area (Å²) in [6, 6.07) is 0. The predicted octanol–water partition coefficient (Wildman–Crippen LogP) is 0.498. The van der Waals surface area contributed by atoms with Crippen molar-refractivity contribution in [1.82, 2.24) is 4.90 Å². The molecule has 0 saturated heterocycles. The van der Waals surface area contributed by atoms with E-state index in [2.05, 4.69) is 17.0 Å². The highest BCUT2D eigenvalue weighted by Gasteiger charge is 2.03. The van der Waals surface area contributed by atoms with Crippen molar-refractivity contribution in [1.29, 1.82) is 0 Å². The van der Waals surface area contributed by atoms with E-state index in [0.29, 0.717) is 13.0 Å². The maximum Gasteiger partial charge on any atom is 0.140 e. The first kappa shape index (κ1) is 16.1. The van der Waals surface area contributed by atoms with Gasteiger partial charge in [-0.3, -0.25) is 0 Å². The molecule has 17 heavy (non-hydrogen) atoms. The van der Waals surface area contributed by atoms with Gasteiger partial charge in [-0.2, -0.15) is 0 Å². The lowest BCUT2D eigenvalue weighted by molar-refractivity contribution is 0.0853. The molecule has 0 aromatic carbocycles. The summed E-state index contributed by atoms with van der Waals surface area (Å²) in [6.07, 6.45) is 1.50. The number of nitrogens with two attached hydrogens (primary N) is 1. The van der Waals surface area contributed by atoms with Gasteiger partial charge in [-0.25, -0.2) is 0 Å². The second-order valence-electron chi connectivity index (χ2n) is 3.73. The van der Waals surface area contributed by atoms with Gasteiger partial charge in [-0.15, -0.1) is 0 Å². The number of nitrogens with zero attached hydrogens (tertiary/aromatic N) is 2. The molecule has 0 aliphatic carbocycles. The van der Waals surface area contributed by atoms with Gasteiger partial charge in [0, 0.05) is 39.8 Å². The Balaban J connectivity index is 3.47. The molecule has 0 fully saturated rings. The van der Waals surface area contributed by atoms with E-state index in [4.69, 9.17) is 20.4 Å². The number of rotatable bonds is 11. The Morgan fingerprint density at radius 3 is 2.65 bits per heavy atom. The summed E-state index contributed by atoms with van der Waals surface area (Å²) in [7, 11) is 1.69. The smallest absolute Gasteiger partial charge is 0.140 e. The molecule has 102 valence electrons. The third-order valence-electron chi connectivity index (χ3n) is 2.45. The molecule has 0 aromatic rings. The van der Waals surface area contributed by atoms with E-state index in [-0.39, 0.29) is 5.84 Å². The van der Waals surface area contributed by atoms with Crippen molar-refractivity contribution in [2.24, 2.45) is 10.9 Å². The number of methoxy groups -OCH3 is 1. The number of hydrogen-bond donors (Lipinski definition) is 2. The van der Waals surface area contributed by atoms with Gasteiger partial charge >= 0.3 is 0 Å². The molecule has 0 spiro atoms. The van der Waals surface area contributed by atoms with Gasteiger partial charge in [0.1, 0.15) is 5.84 Å². The molecular weight excluding hydrogens is 222 g/mol. The molecule has 0 aliphatic rings. The normalized spacial score (nSPS) is 12.3. The molecule has 0 amide bonds. The van der Waals surface area contributed by atoms with Crippen LogP contribution in [0, 0.1) is 0 Å². The highest BCUT2D eigenvalue weighted by Crippen LogP contribution is 1.93. The quantitative estimate of drug-likeness (QED) is 0.183. The summed E-state index contributed by atoms with van der Waals surface area (Å²) in [5.74, 6) is 0.268. The van der Waals surface area contributed by atoms with Gasteiger partial charge < -0.3 is 25.3 Å². The van der Waals surface area contributed by atoms with Crippen molar-refractivity contribution in [3.8, 4) is 0 Å². The van der Waals surface area contributed by atoms with Crippen molar-refractivity contribution < 1.29 is 14.7 Å². The number of oxime groups is 1. The maximum atomic E-state index is 8.42. The number of likely N-dealkylation sites (N-methyl/N-ethyl adjacent to an activating group) is 1. The first-order valence-electron chi connectivity index (χ1n) is 6.00. The molecule has 0 bridgehead atoms. The van der Waals surface area contributed by atoms with E-state index in [0.717, 1.165) is 39.3 Å². The van der Waals surface area contributed by atoms with Crippen molar-refractivity contribution in [2.75, 3.05) is 46.6 Å². The summed E-state index contributed by atoms with van der Waals surface area (Å²) in [5.41, 5.74) is 5.41. The Hall–Kier alpha value is -0.850. The van der Waals surface area contributed by atoms with E-state index < -0.39 is 0 Å². The summed E-state index contributed by atoms with van der Waals surface area (Å²) < 4.78 is 10.4. The highest BCUT2D eigenvalue weighted by molar-refractivity contribution is 5.79. The molecule has 0 aliphatic heterocycles. The minimum atomic E-state index is 0.268. The molecule has 0 aromatic heterocycles. The molecule has 0 rings (SSSR count). The van der Waals surface area contributed by atoms with Crippen LogP contribution >= 0.6 is 0 Å². The van der Waals surface area contributed by atoms with Crippen LogP contribution in [0.4, 0.5) is 0 Å². The fourth-order valence-corrected chi connectivity index (χ4v) is 1.35.